The van der Waals surface area contributed by atoms with Crippen molar-refractivity contribution in [1.82, 2.24) is 14.8 Å². The average Bonchev–Trinajstić information content (AvgIpc) is 2.69. The van der Waals surface area contributed by atoms with Crippen LogP contribution in [0.2, 0.25) is 0 Å². The van der Waals surface area contributed by atoms with Gasteiger partial charge in [-0.2, -0.15) is 5.10 Å². The van der Waals surface area contributed by atoms with Crippen molar-refractivity contribution in [3.63, 3.8) is 0 Å². The first-order valence-corrected chi connectivity index (χ1v) is 4.64. The number of hydrogen-bond donors (Lipinski definition) is 2. The second-order valence-corrected chi connectivity index (χ2v) is 3.23. The molecule has 0 radical (unpaired) electrons. The summed E-state index contributed by atoms with van der Waals surface area (Å²) in [6.07, 6.45) is 1.65. The van der Waals surface area contributed by atoms with Crippen LogP contribution in [0.15, 0.2) is 30.6 Å². The second-order valence-electron chi connectivity index (χ2n) is 3.23. The maximum absolute atomic E-state index is 9.11. The third kappa shape index (κ3) is 2.32. The van der Waals surface area contributed by atoms with Crippen molar-refractivity contribution < 1.29 is 5.11 Å². The molecule has 5 heteroatoms. The molecule has 0 saturated heterocycles. The van der Waals surface area contributed by atoms with E-state index in [-0.39, 0.29) is 5.75 Å². The molecule has 1 aromatic carbocycles. The van der Waals surface area contributed by atoms with Gasteiger partial charge in [0, 0.05) is 0 Å². The summed E-state index contributed by atoms with van der Waals surface area (Å²) >= 11 is 0. The van der Waals surface area contributed by atoms with Gasteiger partial charge in [0.2, 0.25) is 0 Å². The van der Waals surface area contributed by atoms with E-state index in [0.29, 0.717) is 18.9 Å². The normalized spacial score (nSPS) is 10.5. The van der Waals surface area contributed by atoms with Crippen LogP contribution >= 0.6 is 0 Å². The lowest BCUT2D eigenvalue weighted by Gasteiger charge is -2.00. The van der Waals surface area contributed by atoms with Crippen molar-refractivity contribution in [2.45, 2.75) is 13.1 Å². The fraction of sp³-hybridized carbons (Fsp3) is 0.200. The zero-order chi connectivity index (χ0) is 10.7. The molecule has 3 N–H and O–H groups in total. The van der Waals surface area contributed by atoms with Crippen molar-refractivity contribution in [1.29, 1.82) is 0 Å². The standard InChI is InChI=1S/C10H12N4O/c11-5-10-12-7-14(13-10)6-8-1-3-9(15)4-2-8/h1-4,7,15H,5-6,11H2. The van der Waals surface area contributed by atoms with Gasteiger partial charge in [-0.3, -0.25) is 0 Å². The van der Waals surface area contributed by atoms with Gasteiger partial charge in [-0.25, -0.2) is 9.67 Å². The number of aromatic hydroxyl groups is 1. The number of benzene rings is 1. The Morgan fingerprint density at radius 3 is 2.60 bits per heavy atom. The molecule has 1 aromatic heterocycles. The van der Waals surface area contributed by atoms with E-state index in [1.165, 1.54) is 0 Å². The van der Waals surface area contributed by atoms with Gasteiger partial charge in [0.05, 0.1) is 13.1 Å². The van der Waals surface area contributed by atoms with Gasteiger partial charge in [-0.1, -0.05) is 12.1 Å². The molecule has 5 nitrogen and oxygen atoms in total. The fourth-order valence-corrected chi connectivity index (χ4v) is 1.29. The molecule has 0 aliphatic heterocycles. The molecular formula is C10H12N4O. The second kappa shape index (κ2) is 4.10. The maximum Gasteiger partial charge on any atom is 0.164 e. The third-order valence-corrected chi connectivity index (χ3v) is 2.05. The SMILES string of the molecule is NCc1ncn(Cc2ccc(O)cc2)n1. The average molecular weight is 204 g/mol. The molecule has 2 rings (SSSR count). The Balaban J connectivity index is 2.11. The Labute approximate surface area is 87.2 Å². The van der Waals surface area contributed by atoms with Crippen LogP contribution in [-0.4, -0.2) is 19.9 Å². The van der Waals surface area contributed by atoms with Gasteiger partial charge in [-0.15, -0.1) is 0 Å². The van der Waals surface area contributed by atoms with Crippen molar-refractivity contribution >= 4 is 0 Å². The first-order valence-electron chi connectivity index (χ1n) is 4.64. The first kappa shape index (κ1) is 9.67. The Morgan fingerprint density at radius 1 is 1.27 bits per heavy atom. The highest BCUT2D eigenvalue weighted by molar-refractivity contribution is 5.25. The van der Waals surface area contributed by atoms with Crippen LogP contribution in [0.25, 0.3) is 0 Å². The molecule has 0 spiro atoms. The van der Waals surface area contributed by atoms with Gasteiger partial charge < -0.3 is 10.8 Å². The fourth-order valence-electron chi connectivity index (χ4n) is 1.29. The molecule has 0 atom stereocenters. The summed E-state index contributed by atoms with van der Waals surface area (Å²) in [6, 6.07) is 6.99. The molecule has 0 fully saturated rings. The van der Waals surface area contributed by atoms with E-state index in [4.69, 9.17) is 10.8 Å². The van der Waals surface area contributed by atoms with E-state index >= 15 is 0 Å². The number of phenolic OH excluding ortho intramolecular Hbond substituents is 1. The maximum atomic E-state index is 9.11. The van der Waals surface area contributed by atoms with Crippen LogP contribution in [-0.2, 0) is 13.1 Å². The summed E-state index contributed by atoms with van der Waals surface area (Å²) in [4.78, 5) is 4.03. The van der Waals surface area contributed by atoms with E-state index in [9.17, 15) is 0 Å². The summed E-state index contributed by atoms with van der Waals surface area (Å²) in [5, 5.41) is 13.3. The van der Waals surface area contributed by atoms with Crippen LogP contribution in [0.4, 0.5) is 0 Å². The van der Waals surface area contributed by atoms with E-state index in [0.717, 1.165) is 5.56 Å². The van der Waals surface area contributed by atoms with E-state index in [1.54, 1.807) is 23.1 Å². The van der Waals surface area contributed by atoms with Crippen molar-refractivity contribution in [3.05, 3.63) is 42.0 Å². The molecule has 1 heterocycles. The highest BCUT2D eigenvalue weighted by Gasteiger charge is 1.99. The summed E-state index contributed by atoms with van der Waals surface area (Å²) in [7, 11) is 0. The highest BCUT2D eigenvalue weighted by Crippen LogP contribution is 2.10. The molecule has 78 valence electrons. The lowest BCUT2D eigenvalue weighted by molar-refractivity contribution is 0.475. The minimum Gasteiger partial charge on any atom is -0.508 e. The van der Waals surface area contributed by atoms with Gasteiger partial charge in [0.1, 0.15) is 12.1 Å². The lowest BCUT2D eigenvalue weighted by atomic mass is 10.2. The van der Waals surface area contributed by atoms with Crippen molar-refractivity contribution in [2.75, 3.05) is 0 Å². The molecule has 0 saturated carbocycles. The zero-order valence-corrected chi connectivity index (χ0v) is 8.17. The van der Waals surface area contributed by atoms with Crippen LogP contribution in [0.3, 0.4) is 0 Å². The molecule has 0 unspecified atom stereocenters. The summed E-state index contributed by atoms with van der Waals surface area (Å²) in [5.74, 6) is 0.897. The Morgan fingerprint density at radius 2 is 2.00 bits per heavy atom. The smallest absolute Gasteiger partial charge is 0.164 e. The predicted octanol–water partition coefficient (Wildman–Crippen LogP) is 0.491. The number of hydrogen-bond acceptors (Lipinski definition) is 4. The molecule has 0 aliphatic rings. The minimum atomic E-state index is 0.264. The number of aromatic nitrogens is 3. The molecule has 0 bridgehead atoms. The van der Waals surface area contributed by atoms with Gasteiger partial charge in [0.15, 0.2) is 5.82 Å². The number of nitrogens with two attached hydrogens (primary N) is 1. The van der Waals surface area contributed by atoms with Crippen LogP contribution in [0.1, 0.15) is 11.4 Å². The van der Waals surface area contributed by atoms with Crippen LogP contribution < -0.4 is 5.73 Å². The van der Waals surface area contributed by atoms with Crippen molar-refractivity contribution in [2.24, 2.45) is 5.73 Å². The quantitative estimate of drug-likeness (QED) is 0.762. The van der Waals surface area contributed by atoms with Gasteiger partial charge in [0.25, 0.3) is 0 Å². The summed E-state index contributed by atoms with van der Waals surface area (Å²) in [6.45, 7) is 0.982. The first-order chi connectivity index (χ1) is 7.28. The minimum absolute atomic E-state index is 0.264. The molecule has 0 aliphatic carbocycles. The number of rotatable bonds is 3. The van der Waals surface area contributed by atoms with E-state index in [1.807, 2.05) is 12.1 Å². The van der Waals surface area contributed by atoms with E-state index < -0.39 is 0 Å². The topological polar surface area (TPSA) is 77.0 Å². The summed E-state index contributed by atoms with van der Waals surface area (Å²) in [5.41, 5.74) is 6.46. The number of nitrogens with zero attached hydrogens (tertiary/aromatic N) is 3. The molecule has 15 heavy (non-hydrogen) atoms. The van der Waals surface area contributed by atoms with Crippen LogP contribution in [0.5, 0.6) is 5.75 Å². The number of phenols is 1. The highest BCUT2D eigenvalue weighted by atomic mass is 16.3. The van der Waals surface area contributed by atoms with Crippen LogP contribution in [0, 0.1) is 0 Å². The van der Waals surface area contributed by atoms with E-state index in [2.05, 4.69) is 10.1 Å². The van der Waals surface area contributed by atoms with Gasteiger partial charge in [-0.05, 0) is 17.7 Å². The summed E-state index contributed by atoms with van der Waals surface area (Å²) < 4.78 is 1.72. The lowest BCUT2D eigenvalue weighted by Crippen LogP contribution is -2.03. The largest absolute Gasteiger partial charge is 0.508 e. The van der Waals surface area contributed by atoms with Crippen molar-refractivity contribution in [3.8, 4) is 5.75 Å². The monoisotopic (exact) mass is 204 g/mol. The Kier molecular flexibility index (Phi) is 2.64. The molecule has 2 aromatic rings. The zero-order valence-electron chi connectivity index (χ0n) is 8.17. The predicted molar refractivity (Wildman–Crippen MR) is 55.1 cm³/mol. The third-order valence-electron chi connectivity index (χ3n) is 2.05. The van der Waals surface area contributed by atoms with Gasteiger partial charge >= 0.3 is 0 Å². The Hall–Kier alpha value is -1.88. The molecular weight excluding hydrogens is 192 g/mol. The molecule has 0 amide bonds. The Bertz CT molecular complexity index is 435.